The van der Waals surface area contributed by atoms with Crippen LogP contribution in [0.3, 0.4) is 0 Å². The molecule has 11 nitrogen and oxygen atoms in total. The summed E-state index contributed by atoms with van der Waals surface area (Å²) in [6, 6.07) is 13.5. The Bertz CT molecular complexity index is 1370. The van der Waals surface area contributed by atoms with Crippen LogP contribution in [-0.4, -0.2) is 78.0 Å². The number of benzene rings is 2. The third-order valence-electron chi connectivity index (χ3n) is 6.53. The number of aliphatic imine (C=N–C) groups is 1. The fourth-order valence-corrected chi connectivity index (χ4v) is 4.81. The first-order chi connectivity index (χ1) is 19.4. The highest BCUT2D eigenvalue weighted by Crippen LogP contribution is 2.33. The monoisotopic (exact) mass is 563 g/mol. The Morgan fingerprint density at radius 1 is 0.900 bits per heavy atom. The van der Waals surface area contributed by atoms with E-state index in [0.29, 0.717) is 29.1 Å². The summed E-state index contributed by atoms with van der Waals surface area (Å²) < 4.78 is 21.7. The van der Waals surface area contributed by atoms with E-state index in [9.17, 15) is 0 Å². The van der Waals surface area contributed by atoms with Gasteiger partial charge < -0.3 is 29.2 Å². The van der Waals surface area contributed by atoms with Crippen molar-refractivity contribution in [2.45, 2.75) is 20.4 Å². The van der Waals surface area contributed by atoms with E-state index < -0.39 is 0 Å². The first-order valence-electron chi connectivity index (χ1n) is 13.0. The molecule has 0 amide bonds. The number of aromatic nitrogens is 2. The van der Waals surface area contributed by atoms with Crippen LogP contribution in [0.4, 0.5) is 11.6 Å². The van der Waals surface area contributed by atoms with Gasteiger partial charge in [0.2, 0.25) is 23.8 Å². The number of hydrogen-bond donors (Lipinski definition) is 2. The van der Waals surface area contributed by atoms with Gasteiger partial charge in [0, 0.05) is 68.0 Å². The molecule has 5 rings (SSSR count). The lowest BCUT2D eigenvalue weighted by atomic mass is 10.1. The van der Waals surface area contributed by atoms with Crippen molar-refractivity contribution in [3.8, 4) is 23.0 Å². The average Bonchev–Trinajstić information content (AvgIpc) is 3.40. The van der Waals surface area contributed by atoms with E-state index >= 15 is 0 Å². The molecule has 3 heterocycles. The molecule has 0 aliphatic carbocycles. The van der Waals surface area contributed by atoms with E-state index in [1.54, 1.807) is 20.3 Å². The Morgan fingerprint density at radius 3 is 2.25 bits per heavy atom. The Morgan fingerprint density at radius 2 is 1.57 bits per heavy atom. The van der Waals surface area contributed by atoms with Gasteiger partial charge in [0.05, 0.1) is 14.2 Å². The molecule has 12 heteroatoms. The summed E-state index contributed by atoms with van der Waals surface area (Å²) in [5.41, 5.74) is 3.63. The van der Waals surface area contributed by atoms with Crippen molar-refractivity contribution in [2.24, 2.45) is 4.99 Å². The molecular formula is C28H33N7O4S. The summed E-state index contributed by atoms with van der Waals surface area (Å²) in [6.07, 6.45) is 0. The molecule has 210 valence electrons. The molecular weight excluding hydrogens is 530 g/mol. The van der Waals surface area contributed by atoms with Crippen molar-refractivity contribution < 1.29 is 18.9 Å². The Kier molecular flexibility index (Phi) is 8.46. The Balaban J connectivity index is 1.30. The zero-order valence-electron chi connectivity index (χ0n) is 23.1. The largest absolute Gasteiger partial charge is 0.497 e. The van der Waals surface area contributed by atoms with Gasteiger partial charge in [-0.25, -0.2) is 9.97 Å². The number of fused-ring (bicyclic) bond motifs is 1. The SMILES string of the molecule is COc1cc(NC(=S)/N=C(\Nc2nc(C)cc(C)n2)N2CCN(Cc3ccc4c(c3)OCO4)CC2)cc(OC)c1. The third kappa shape index (κ3) is 6.88. The molecule has 1 fully saturated rings. The quantitative estimate of drug-likeness (QED) is 0.260. The van der Waals surface area contributed by atoms with Crippen LogP contribution >= 0.6 is 12.2 Å². The number of thiocarbonyl (C=S) groups is 1. The van der Waals surface area contributed by atoms with E-state index in [1.807, 2.05) is 38.1 Å². The fraction of sp³-hybridized carbons (Fsp3) is 0.357. The normalized spacial score (nSPS) is 15.1. The lowest BCUT2D eigenvalue weighted by Gasteiger charge is -2.36. The summed E-state index contributed by atoms with van der Waals surface area (Å²) in [5, 5.41) is 6.77. The second-order valence-corrected chi connectivity index (χ2v) is 9.90. The van der Waals surface area contributed by atoms with Gasteiger partial charge >= 0.3 is 0 Å². The number of nitrogens with zero attached hydrogens (tertiary/aromatic N) is 5. The molecule has 0 saturated carbocycles. The molecule has 0 bridgehead atoms. The van der Waals surface area contributed by atoms with Crippen molar-refractivity contribution in [1.29, 1.82) is 0 Å². The molecule has 0 spiro atoms. The van der Waals surface area contributed by atoms with E-state index in [1.165, 1.54) is 5.56 Å². The highest BCUT2D eigenvalue weighted by molar-refractivity contribution is 7.80. The van der Waals surface area contributed by atoms with Crippen LogP contribution in [0.2, 0.25) is 0 Å². The molecule has 0 unspecified atom stereocenters. The lowest BCUT2D eigenvalue weighted by Crippen LogP contribution is -2.50. The molecule has 2 aromatic carbocycles. The van der Waals surface area contributed by atoms with Gasteiger partial charge in [0.1, 0.15) is 11.5 Å². The summed E-state index contributed by atoms with van der Waals surface area (Å²) in [5.74, 6) is 3.96. The van der Waals surface area contributed by atoms with Crippen molar-refractivity contribution in [3.63, 3.8) is 0 Å². The van der Waals surface area contributed by atoms with E-state index in [0.717, 1.165) is 55.6 Å². The molecule has 2 N–H and O–H groups in total. The molecule has 40 heavy (non-hydrogen) atoms. The van der Waals surface area contributed by atoms with E-state index in [-0.39, 0.29) is 11.9 Å². The molecule has 3 aromatic rings. The highest BCUT2D eigenvalue weighted by atomic mass is 32.1. The second-order valence-electron chi connectivity index (χ2n) is 9.52. The number of aryl methyl sites for hydroxylation is 2. The van der Waals surface area contributed by atoms with Crippen LogP contribution in [0.15, 0.2) is 47.5 Å². The maximum Gasteiger partial charge on any atom is 0.231 e. The number of rotatable bonds is 6. The predicted molar refractivity (Wildman–Crippen MR) is 158 cm³/mol. The summed E-state index contributed by atoms with van der Waals surface area (Å²) >= 11 is 5.64. The maximum atomic E-state index is 5.64. The summed E-state index contributed by atoms with van der Waals surface area (Å²) in [4.78, 5) is 18.4. The lowest BCUT2D eigenvalue weighted by molar-refractivity contribution is 0.172. The minimum atomic E-state index is 0.277. The van der Waals surface area contributed by atoms with E-state index in [2.05, 4.69) is 42.5 Å². The minimum absolute atomic E-state index is 0.277. The molecule has 0 radical (unpaired) electrons. The Hall–Kier alpha value is -4.16. The maximum absolute atomic E-state index is 5.64. The van der Waals surface area contributed by atoms with Gasteiger partial charge in [-0.3, -0.25) is 10.2 Å². The molecule has 1 aromatic heterocycles. The van der Waals surface area contributed by atoms with E-state index in [4.69, 9.17) is 36.2 Å². The summed E-state index contributed by atoms with van der Waals surface area (Å²) in [6.45, 7) is 8.16. The number of piperazine rings is 1. The van der Waals surface area contributed by atoms with Crippen molar-refractivity contribution in [3.05, 3.63) is 59.4 Å². The van der Waals surface area contributed by atoms with Crippen LogP contribution in [0, 0.1) is 13.8 Å². The van der Waals surface area contributed by atoms with Crippen LogP contribution in [0.1, 0.15) is 17.0 Å². The van der Waals surface area contributed by atoms with Crippen molar-refractivity contribution in [2.75, 3.05) is 57.8 Å². The van der Waals surface area contributed by atoms with Crippen LogP contribution in [-0.2, 0) is 6.54 Å². The van der Waals surface area contributed by atoms with Gasteiger partial charge in [0.15, 0.2) is 11.5 Å². The van der Waals surface area contributed by atoms with Gasteiger partial charge in [-0.2, -0.15) is 4.99 Å². The number of methoxy groups -OCH3 is 2. The number of guanidine groups is 1. The number of hydrogen-bond acceptors (Lipinski definition) is 8. The van der Waals surface area contributed by atoms with Crippen LogP contribution in [0.25, 0.3) is 0 Å². The summed E-state index contributed by atoms with van der Waals surface area (Å²) in [7, 11) is 3.21. The molecule has 2 aliphatic heterocycles. The van der Waals surface area contributed by atoms with Gasteiger partial charge in [-0.05, 0) is 49.8 Å². The zero-order valence-corrected chi connectivity index (χ0v) is 23.9. The highest BCUT2D eigenvalue weighted by Gasteiger charge is 2.22. The number of ether oxygens (including phenoxy) is 4. The molecule has 2 aliphatic rings. The smallest absolute Gasteiger partial charge is 0.231 e. The average molecular weight is 564 g/mol. The zero-order chi connectivity index (χ0) is 28.1. The van der Waals surface area contributed by atoms with Gasteiger partial charge in [-0.1, -0.05) is 6.07 Å². The fourth-order valence-electron chi connectivity index (χ4n) is 4.60. The van der Waals surface area contributed by atoms with Crippen LogP contribution < -0.4 is 29.6 Å². The first-order valence-corrected chi connectivity index (χ1v) is 13.4. The molecule has 1 saturated heterocycles. The first kappa shape index (κ1) is 27.4. The van der Waals surface area contributed by atoms with Gasteiger partial charge in [0.25, 0.3) is 0 Å². The molecule has 0 atom stereocenters. The van der Waals surface area contributed by atoms with Crippen molar-refractivity contribution in [1.82, 2.24) is 19.8 Å². The Labute approximate surface area is 239 Å². The standard InChI is InChI=1S/C28H33N7O4S/c1-18-11-19(2)30-26(29-18)32-27(33-28(40)31-21-13-22(36-3)15-23(14-21)37-4)35-9-7-34(8-10-35)16-20-5-6-24-25(12-20)39-17-38-24/h5-6,11-15H,7-10,16-17H2,1-4H3,(H2,29,30,31,32,33,40). The van der Waals surface area contributed by atoms with Crippen LogP contribution in [0.5, 0.6) is 23.0 Å². The topological polar surface area (TPSA) is 106 Å². The predicted octanol–water partition coefficient (Wildman–Crippen LogP) is 3.82. The van der Waals surface area contributed by atoms with Gasteiger partial charge in [-0.15, -0.1) is 0 Å². The second kappa shape index (κ2) is 12.3. The number of anilines is 2. The third-order valence-corrected chi connectivity index (χ3v) is 6.72. The number of nitrogens with one attached hydrogen (secondary N) is 2. The minimum Gasteiger partial charge on any atom is -0.497 e. The van der Waals surface area contributed by atoms with Crippen molar-refractivity contribution >= 4 is 34.9 Å².